The summed E-state index contributed by atoms with van der Waals surface area (Å²) in [6.45, 7) is 0.116. The maximum absolute atomic E-state index is 12.6. The van der Waals surface area contributed by atoms with Crippen LogP contribution < -0.4 is 16.1 Å². The Hall–Kier alpha value is -3.73. The van der Waals surface area contributed by atoms with Crippen molar-refractivity contribution in [1.82, 2.24) is 16.1 Å². The number of hydrogen-bond donors (Lipinski definition) is 4. The summed E-state index contributed by atoms with van der Waals surface area (Å²) in [4.78, 5) is 45.9. The fraction of sp³-hybridized carbons (Fsp3) is 0.278. The zero-order valence-corrected chi connectivity index (χ0v) is 15.3. The molecule has 0 saturated carbocycles. The third-order valence-electron chi connectivity index (χ3n) is 3.96. The lowest BCUT2D eigenvalue weighted by Crippen LogP contribution is -2.48. The van der Waals surface area contributed by atoms with Crippen LogP contribution >= 0.6 is 0 Å². The summed E-state index contributed by atoms with van der Waals surface area (Å²) in [6, 6.07) is 7.98. The molecule has 1 aromatic heterocycles. The largest absolute Gasteiger partial charge is 0.467 e. The fourth-order valence-corrected chi connectivity index (χ4v) is 2.46. The molecule has 3 amide bonds. The fourth-order valence-electron chi connectivity index (χ4n) is 2.46. The van der Waals surface area contributed by atoms with Crippen molar-refractivity contribution in [2.45, 2.75) is 31.8 Å². The van der Waals surface area contributed by atoms with Gasteiger partial charge in [-0.1, -0.05) is 12.1 Å². The highest BCUT2D eigenvalue weighted by Gasteiger charge is 2.22. The average Bonchev–Trinajstić information content (AvgIpc) is 3.23. The van der Waals surface area contributed by atoms with Crippen LogP contribution in [0, 0.1) is 10.1 Å². The van der Waals surface area contributed by atoms with E-state index in [0.29, 0.717) is 11.3 Å². The Morgan fingerprint density at radius 2 is 1.79 bits per heavy atom. The van der Waals surface area contributed by atoms with E-state index < -0.39 is 28.7 Å². The van der Waals surface area contributed by atoms with Gasteiger partial charge in [0.15, 0.2) is 0 Å². The van der Waals surface area contributed by atoms with Crippen molar-refractivity contribution in [3.05, 3.63) is 64.1 Å². The summed E-state index contributed by atoms with van der Waals surface area (Å²) in [5.74, 6) is -1.25. The molecule has 0 radical (unpaired) electrons. The standard InChI is InChI=1S/C18H20N4O7/c23-16(7-8-17(24)21-26)20-15(18(25)19-11-14-2-1-9-29-14)10-12-3-5-13(6-4-12)22(27)28/h1-6,9,15,26H,7-8,10-11H2,(H,19,25)(H,20,23)(H,21,24)/t15-/m0/s1. The molecule has 1 atom stereocenters. The van der Waals surface area contributed by atoms with Gasteiger partial charge in [-0.25, -0.2) is 5.48 Å². The van der Waals surface area contributed by atoms with E-state index in [-0.39, 0.29) is 31.5 Å². The van der Waals surface area contributed by atoms with Gasteiger partial charge in [-0.15, -0.1) is 0 Å². The number of nitrogens with zero attached hydrogens (tertiary/aromatic N) is 1. The summed E-state index contributed by atoms with van der Waals surface area (Å²) in [7, 11) is 0. The molecule has 1 aromatic carbocycles. The molecule has 0 fully saturated rings. The highest BCUT2D eigenvalue weighted by atomic mass is 16.6. The molecular formula is C18H20N4O7. The Balaban J connectivity index is 2.04. The maximum atomic E-state index is 12.6. The van der Waals surface area contributed by atoms with E-state index >= 15 is 0 Å². The lowest BCUT2D eigenvalue weighted by atomic mass is 10.0. The molecule has 0 aliphatic carbocycles. The number of rotatable bonds is 10. The van der Waals surface area contributed by atoms with Gasteiger partial charge in [-0.3, -0.25) is 29.7 Å². The maximum Gasteiger partial charge on any atom is 0.269 e. The Kier molecular flexibility index (Phi) is 7.86. The first-order valence-electron chi connectivity index (χ1n) is 8.64. The first-order valence-corrected chi connectivity index (χ1v) is 8.64. The zero-order valence-electron chi connectivity index (χ0n) is 15.3. The molecule has 0 unspecified atom stereocenters. The third kappa shape index (κ3) is 7.07. The molecule has 0 bridgehead atoms. The number of amides is 3. The second-order valence-electron chi connectivity index (χ2n) is 6.08. The van der Waals surface area contributed by atoms with Gasteiger partial charge in [-0.2, -0.15) is 0 Å². The van der Waals surface area contributed by atoms with Crippen molar-refractivity contribution in [1.29, 1.82) is 0 Å². The highest BCUT2D eigenvalue weighted by Crippen LogP contribution is 2.13. The Morgan fingerprint density at radius 3 is 2.38 bits per heavy atom. The van der Waals surface area contributed by atoms with Crippen molar-refractivity contribution in [2.24, 2.45) is 0 Å². The number of nitro groups is 1. The van der Waals surface area contributed by atoms with E-state index in [4.69, 9.17) is 9.62 Å². The lowest BCUT2D eigenvalue weighted by Gasteiger charge is -2.18. The summed E-state index contributed by atoms with van der Waals surface area (Å²) in [6.07, 6.45) is 1.07. The average molecular weight is 404 g/mol. The van der Waals surface area contributed by atoms with Gasteiger partial charge >= 0.3 is 0 Å². The molecule has 0 saturated heterocycles. The Morgan fingerprint density at radius 1 is 1.10 bits per heavy atom. The number of carbonyl (C=O) groups excluding carboxylic acids is 3. The van der Waals surface area contributed by atoms with Crippen molar-refractivity contribution in [3.8, 4) is 0 Å². The number of hydrogen-bond acceptors (Lipinski definition) is 7. The summed E-state index contributed by atoms with van der Waals surface area (Å²) < 4.78 is 5.14. The van der Waals surface area contributed by atoms with E-state index in [1.807, 2.05) is 0 Å². The van der Waals surface area contributed by atoms with Gasteiger partial charge in [0.2, 0.25) is 17.7 Å². The molecule has 2 aromatic rings. The number of hydroxylamine groups is 1. The number of nitrogens with one attached hydrogen (secondary N) is 3. The van der Waals surface area contributed by atoms with Crippen LogP contribution in [-0.4, -0.2) is 33.9 Å². The number of nitro benzene ring substituents is 1. The van der Waals surface area contributed by atoms with Crippen LogP contribution in [0.2, 0.25) is 0 Å². The van der Waals surface area contributed by atoms with Crippen LogP contribution in [-0.2, 0) is 27.3 Å². The van der Waals surface area contributed by atoms with Gasteiger partial charge in [0, 0.05) is 31.4 Å². The molecule has 1 heterocycles. The van der Waals surface area contributed by atoms with Crippen LogP contribution in [0.25, 0.3) is 0 Å². The third-order valence-corrected chi connectivity index (χ3v) is 3.96. The normalized spacial score (nSPS) is 11.3. The van der Waals surface area contributed by atoms with Crippen LogP contribution in [0.4, 0.5) is 5.69 Å². The molecule has 4 N–H and O–H groups in total. The molecule has 0 aliphatic heterocycles. The highest BCUT2D eigenvalue weighted by molar-refractivity contribution is 5.89. The lowest BCUT2D eigenvalue weighted by molar-refractivity contribution is -0.384. The smallest absolute Gasteiger partial charge is 0.269 e. The van der Waals surface area contributed by atoms with Crippen molar-refractivity contribution < 1.29 is 28.9 Å². The van der Waals surface area contributed by atoms with Gasteiger partial charge < -0.3 is 15.1 Å². The SMILES string of the molecule is O=C(CCC(=O)N[C@@H](Cc1ccc([N+](=O)[O-])cc1)C(=O)NCc1ccco1)NO. The quantitative estimate of drug-likeness (QED) is 0.259. The molecule has 11 heteroatoms. The second-order valence-corrected chi connectivity index (χ2v) is 6.08. The molecular weight excluding hydrogens is 384 g/mol. The minimum atomic E-state index is -0.976. The van der Waals surface area contributed by atoms with E-state index in [2.05, 4.69) is 10.6 Å². The summed E-state index contributed by atoms with van der Waals surface area (Å²) in [5, 5.41) is 24.4. The Labute approximate surface area is 165 Å². The Bertz CT molecular complexity index is 850. The van der Waals surface area contributed by atoms with Gasteiger partial charge in [0.25, 0.3) is 5.69 Å². The van der Waals surface area contributed by atoms with Gasteiger partial charge in [-0.05, 0) is 17.7 Å². The molecule has 29 heavy (non-hydrogen) atoms. The molecule has 11 nitrogen and oxygen atoms in total. The zero-order chi connectivity index (χ0) is 21.2. The predicted octanol–water partition coefficient (Wildman–Crippen LogP) is 0.817. The van der Waals surface area contributed by atoms with E-state index in [1.165, 1.54) is 36.0 Å². The first kappa shape index (κ1) is 21.6. The van der Waals surface area contributed by atoms with Crippen LogP contribution in [0.15, 0.2) is 47.1 Å². The monoisotopic (exact) mass is 404 g/mol. The summed E-state index contributed by atoms with van der Waals surface area (Å²) in [5.41, 5.74) is 1.93. The minimum Gasteiger partial charge on any atom is -0.467 e. The number of carbonyl (C=O) groups is 3. The number of non-ortho nitro benzene ring substituents is 1. The van der Waals surface area contributed by atoms with Crippen LogP contribution in [0.3, 0.4) is 0 Å². The second kappa shape index (κ2) is 10.6. The van der Waals surface area contributed by atoms with E-state index in [1.54, 1.807) is 12.1 Å². The molecule has 0 spiro atoms. The van der Waals surface area contributed by atoms with Crippen molar-refractivity contribution in [2.75, 3.05) is 0 Å². The van der Waals surface area contributed by atoms with Crippen LogP contribution in [0.5, 0.6) is 0 Å². The van der Waals surface area contributed by atoms with Gasteiger partial charge in [0.05, 0.1) is 17.7 Å². The van der Waals surface area contributed by atoms with E-state index in [0.717, 1.165) is 0 Å². The topological polar surface area (TPSA) is 164 Å². The van der Waals surface area contributed by atoms with Crippen molar-refractivity contribution in [3.63, 3.8) is 0 Å². The van der Waals surface area contributed by atoms with Crippen LogP contribution in [0.1, 0.15) is 24.2 Å². The van der Waals surface area contributed by atoms with Crippen molar-refractivity contribution >= 4 is 23.4 Å². The first-order chi connectivity index (χ1) is 13.9. The number of furan rings is 1. The van der Waals surface area contributed by atoms with E-state index in [9.17, 15) is 24.5 Å². The molecule has 2 rings (SSSR count). The molecule has 0 aliphatic rings. The minimum absolute atomic E-state index is 0.0833. The summed E-state index contributed by atoms with van der Waals surface area (Å²) >= 11 is 0. The predicted molar refractivity (Wildman–Crippen MR) is 98.4 cm³/mol. The molecule has 154 valence electrons. The number of benzene rings is 1. The van der Waals surface area contributed by atoms with Gasteiger partial charge in [0.1, 0.15) is 11.8 Å².